The molecule has 1 rings (SSSR count). The molecule has 1 N–H and O–H groups in total. The van der Waals surface area contributed by atoms with E-state index >= 15 is 0 Å². The van der Waals surface area contributed by atoms with E-state index in [0.29, 0.717) is 0 Å². The van der Waals surface area contributed by atoms with E-state index in [1.807, 2.05) is 0 Å². The van der Waals surface area contributed by atoms with Gasteiger partial charge in [0.05, 0.1) is 6.10 Å². The Morgan fingerprint density at radius 1 is 1.50 bits per heavy atom. The number of rotatable bonds is 2. The monoisotopic (exact) mass is 143 g/mol. The van der Waals surface area contributed by atoms with Gasteiger partial charge in [-0.25, -0.2) is 0 Å². The Morgan fingerprint density at radius 2 is 2.10 bits per heavy atom. The molecule has 0 bridgehead atoms. The van der Waals surface area contributed by atoms with Gasteiger partial charge in [0, 0.05) is 13.1 Å². The van der Waals surface area contributed by atoms with E-state index < -0.39 is 0 Å². The molecule has 0 aliphatic carbocycles. The molecule has 58 valence electrons. The summed E-state index contributed by atoms with van der Waals surface area (Å²) >= 11 is 0. The molecule has 0 spiro atoms. The van der Waals surface area contributed by atoms with Crippen molar-refractivity contribution in [2.24, 2.45) is 0 Å². The van der Waals surface area contributed by atoms with Crippen molar-refractivity contribution < 1.29 is 9.94 Å². The Bertz CT molecular complexity index is 108. The van der Waals surface area contributed by atoms with Crippen LogP contribution in [0.3, 0.4) is 0 Å². The summed E-state index contributed by atoms with van der Waals surface area (Å²) < 4.78 is 0. The third-order valence-corrected chi connectivity index (χ3v) is 1.65. The summed E-state index contributed by atoms with van der Waals surface area (Å²) in [5, 5.41) is 10.9. The topological polar surface area (TPSA) is 32.7 Å². The highest BCUT2D eigenvalue weighted by atomic mass is 16.7. The van der Waals surface area contributed by atoms with Gasteiger partial charge in [-0.1, -0.05) is 6.58 Å². The molecule has 0 aromatic carbocycles. The van der Waals surface area contributed by atoms with Crippen molar-refractivity contribution in [2.45, 2.75) is 18.9 Å². The lowest BCUT2D eigenvalue weighted by molar-refractivity contribution is -0.130. The van der Waals surface area contributed by atoms with Gasteiger partial charge in [-0.3, -0.25) is 0 Å². The van der Waals surface area contributed by atoms with Crippen LogP contribution in [0.25, 0.3) is 0 Å². The third kappa shape index (κ3) is 2.01. The maximum Gasteiger partial charge on any atom is 0.104 e. The lowest BCUT2D eigenvalue weighted by Crippen LogP contribution is -2.34. The van der Waals surface area contributed by atoms with Crippen molar-refractivity contribution in [3.63, 3.8) is 0 Å². The van der Waals surface area contributed by atoms with Crippen molar-refractivity contribution in [3.05, 3.63) is 12.8 Å². The van der Waals surface area contributed by atoms with Crippen molar-refractivity contribution in [1.29, 1.82) is 0 Å². The molecule has 1 heterocycles. The second-order valence-electron chi connectivity index (χ2n) is 2.43. The molecule has 3 heteroatoms. The molecule has 1 fully saturated rings. The van der Waals surface area contributed by atoms with E-state index in [0.717, 1.165) is 25.9 Å². The van der Waals surface area contributed by atoms with Crippen molar-refractivity contribution in [3.8, 4) is 0 Å². The predicted molar refractivity (Wildman–Crippen MR) is 38.1 cm³/mol. The molecule has 1 saturated heterocycles. The van der Waals surface area contributed by atoms with Gasteiger partial charge in [0.1, 0.15) is 6.26 Å². The first-order chi connectivity index (χ1) is 4.83. The molecule has 0 atom stereocenters. The number of aliphatic hydroxyl groups is 1. The molecule has 10 heavy (non-hydrogen) atoms. The number of aliphatic hydroxyl groups excluding tert-OH is 1. The number of piperidine rings is 1. The first kappa shape index (κ1) is 7.57. The van der Waals surface area contributed by atoms with E-state index in [-0.39, 0.29) is 6.10 Å². The number of hydroxylamine groups is 2. The van der Waals surface area contributed by atoms with E-state index in [9.17, 15) is 0 Å². The van der Waals surface area contributed by atoms with E-state index in [1.165, 1.54) is 6.26 Å². The Hall–Kier alpha value is -0.540. The first-order valence-corrected chi connectivity index (χ1v) is 3.53. The van der Waals surface area contributed by atoms with Crippen molar-refractivity contribution in [1.82, 2.24) is 5.06 Å². The normalized spacial score (nSPS) is 22.5. The Morgan fingerprint density at radius 3 is 2.60 bits per heavy atom. The van der Waals surface area contributed by atoms with Crippen LogP contribution >= 0.6 is 0 Å². The number of nitrogens with zero attached hydrogens (tertiary/aromatic N) is 1. The molecule has 1 aliphatic rings. The van der Waals surface area contributed by atoms with Gasteiger partial charge in [0.2, 0.25) is 0 Å². The first-order valence-electron chi connectivity index (χ1n) is 3.53. The van der Waals surface area contributed by atoms with Crippen molar-refractivity contribution in [2.75, 3.05) is 13.1 Å². The largest absolute Gasteiger partial charge is 0.414 e. The fourth-order valence-electron chi connectivity index (χ4n) is 1.05. The van der Waals surface area contributed by atoms with Gasteiger partial charge in [-0.2, -0.15) is 0 Å². The minimum atomic E-state index is -0.135. The molecule has 0 saturated carbocycles. The minimum Gasteiger partial charge on any atom is -0.414 e. The highest BCUT2D eigenvalue weighted by Gasteiger charge is 2.16. The van der Waals surface area contributed by atoms with Crippen LogP contribution < -0.4 is 0 Å². The number of hydrogen-bond acceptors (Lipinski definition) is 3. The van der Waals surface area contributed by atoms with Crippen LogP contribution in [0.4, 0.5) is 0 Å². The molecule has 1 aliphatic heterocycles. The SMILES string of the molecule is C=CON1CCC(O)CC1. The predicted octanol–water partition coefficient (Wildman–Crippen LogP) is 0.518. The minimum absolute atomic E-state index is 0.135. The Labute approximate surface area is 60.9 Å². The zero-order valence-corrected chi connectivity index (χ0v) is 5.99. The molecule has 0 unspecified atom stereocenters. The summed E-state index contributed by atoms with van der Waals surface area (Å²) in [7, 11) is 0. The maximum atomic E-state index is 9.09. The second-order valence-corrected chi connectivity index (χ2v) is 2.43. The van der Waals surface area contributed by atoms with Gasteiger partial charge in [0.25, 0.3) is 0 Å². The van der Waals surface area contributed by atoms with Crippen LogP contribution in [0.5, 0.6) is 0 Å². The van der Waals surface area contributed by atoms with E-state index in [2.05, 4.69) is 6.58 Å². The van der Waals surface area contributed by atoms with Crippen LogP contribution in [0.1, 0.15) is 12.8 Å². The van der Waals surface area contributed by atoms with Gasteiger partial charge in [-0.15, -0.1) is 5.06 Å². The summed E-state index contributed by atoms with van der Waals surface area (Å²) in [6.07, 6.45) is 2.88. The standard InChI is InChI=1S/C7H13NO2/c1-2-10-8-5-3-7(9)4-6-8/h2,7,9H,1,3-6H2. The quantitative estimate of drug-likeness (QED) is 0.572. The van der Waals surface area contributed by atoms with E-state index in [1.54, 1.807) is 5.06 Å². The Kier molecular flexibility index (Phi) is 2.71. The molecular weight excluding hydrogens is 130 g/mol. The van der Waals surface area contributed by atoms with Gasteiger partial charge in [-0.05, 0) is 12.8 Å². The van der Waals surface area contributed by atoms with Crippen molar-refractivity contribution >= 4 is 0 Å². The average molecular weight is 143 g/mol. The summed E-state index contributed by atoms with van der Waals surface area (Å²) in [5.74, 6) is 0. The Balaban J connectivity index is 2.19. The molecule has 3 nitrogen and oxygen atoms in total. The molecule has 0 amide bonds. The maximum absolute atomic E-state index is 9.09. The summed E-state index contributed by atoms with van der Waals surface area (Å²) in [5.41, 5.74) is 0. The summed E-state index contributed by atoms with van der Waals surface area (Å²) in [4.78, 5) is 5.02. The van der Waals surface area contributed by atoms with Gasteiger partial charge in [0.15, 0.2) is 0 Å². The summed E-state index contributed by atoms with van der Waals surface area (Å²) in [6.45, 7) is 5.05. The molecule has 0 aromatic heterocycles. The summed E-state index contributed by atoms with van der Waals surface area (Å²) in [6, 6.07) is 0. The zero-order valence-electron chi connectivity index (χ0n) is 5.99. The fourth-order valence-corrected chi connectivity index (χ4v) is 1.05. The van der Waals surface area contributed by atoms with Crippen LogP contribution in [0, 0.1) is 0 Å². The smallest absolute Gasteiger partial charge is 0.104 e. The number of hydrogen-bond donors (Lipinski definition) is 1. The van der Waals surface area contributed by atoms with Gasteiger partial charge < -0.3 is 9.94 Å². The average Bonchev–Trinajstić information content (AvgIpc) is 1.95. The van der Waals surface area contributed by atoms with Crippen LogP contribution in [-0.4, -0.2) is 29.4 Å². The molecule has 0 radical (unpaired) electrons. The molecule has 0 aromatic rings. The highest BCUT2D eigenvalue weighted by molar-refractivity contribution is 4.66. The second kappa shape index (κ2) is 3.58. The van der Waals surface area contributed by atoms with E-state index in [4.69, 9.17) is 9.94 Å². The van der Waals surface area contributed by atoms with Crippen LogP contribution in [0.2, 0.25) is 0 Å². The highest BCUT2D eigenvalue weighted by Crippen LogP contribution is 2.09. The van der Waals surface area contributed by atoms with Crippen LogP contribution in [0.15, 0.2) is 12.8 Å². The van der Waals surface area contributed by atoms with Gasteiger partial charge >= 0.3 is 0 Å². The third-order valence-electron chi connectivity index (χ3n) is 1.65. The lowest BCUT2D eigenvalue weighted by Gasteiger charge is -2.27. The molecular formula is C7H13NO2. The van der Waals surface area contributed by atoms with Crippen LogP contribution in [-0.2, 0) is 4.84 Å². The fraction of sp³-hybridized carbons (Fsp3) is 0.714. The zero-order chi connectivity index (χ0) is 7.40. The lowest BCUT2D eigenvalue weighted by atomic mass is 10.1.